The summed E-state index contributed by atoms with van der Waals surface area (Å²) in [5.74, 6) is -0.376. The first-order valence-electron chi connectivity index (χ1n) is 5.85. The highest BCUT2D eigenvalue weighted by molar-refractivity contribution is 7.85. The highest BCUT2D eigenvalue weighted by atomic mass is 35.5. The number of rotatable bonds is 8. The van der Waals surface area contributed by atoms with Crippen LogP contribution in [0.15, 0.2) is 24.3 Å². The number of hydrogen-bond donors (Lipinski definition) is 0. The molecule has 1 aromatic rings. The molecule has 1 amide bonds. The Kier molecular flexibility index (Phi) is 6.25. The fourth-order valence-corrected chi connectivity index (χ4v) is 2.18. The summed E-state index contributed by atoms with van der Waals surface area (Å²) < 4.78 is 26.5. The average molecular weight is 320 g/mol. The van der Waals surface area contributed by atoms with Crippen molar-refractivity contribution in [2.24, 2.45) is 0 Å². The monoisotopic (exact) mass is 319 g/mol. The molecule has 0 fully saturated rings. The maximum atomic E-state index is 10.9. The van der Waals surface area contributed by atoms with Gasteiger partial charge in [-0.3, -0.25) is 14.7 Å². The van der Waals surface area contributed by atoms with Gasteiger partial charge in [-0.15, -0.1) is 11.6 Å². The molecule has 8 heteroatoms. The number of halogens is 1. The molecular weight excluding hydrogens is 304 g/mol. The van der Waals surface area contributed by atoms with E-state index in [9.17, 15) is 13.2 Å². The molecule has 0 aliphatic rings. The molecule has 1 N–H and O–H groups in total. The van der Waals surface area contributed by atoms with Crippen LogP contribution < -0.4 is 10.6 Å². The highest BCUT2D eigenvalue weighted by Gasteiger charge is 2.09. The predicted molar refractivity (Wildman–Crippen MR) is 77.6 cm³/mol. The summed E-state index contributed by atoms with van der Waals surface area (Å²) in [6, 6.07) is 6.47. The summed E-state index contributed by atoms with van der Waals surface area (Å²) in [4.78, 5) is 12.7. The number of benzene rings is 1. The van der Waals surface area contributed by atoms with Gasteiger partial charge >= 0.3 is 0 Å². The summed E-state index contributed by atoms with van der Waals surface area (Å²) in [5, 5.41) is 0. The van der Waals surface area contributed by atoms with Crippen LogP contribution in [0.2, 0.25) is 0 Å². The number of nitrogens with one attached hydrogen (secondary N) is 1. The molecule has 1 radical (unpaired) electrons. The zero-order valence-electron chi connectivity index (χ0n) is 11.0. The first kappa shape index (κ1) is 16.7. The lowest BCUT2D eigenvalue weighted by Crippen LogP contribution is -2.30. The van der Waals surface area contributed by atoms with Gasteiger partial charge in [-0.1, -0.05) is 0 Å². The van der Waals surface area contributed by atoms with Crippen molar-refractivity contribution in [3.63, 3.8) is 0 Å². The first-order valence-corrected chi connectivity index (χ1v) is 8.20. The van der Waals surface area contributed by atoms with Crippen LogP contribution in [0.1, 0.15) is 10.4 Å². The number of nitrogens with zero attached hydrogens (tertiary/aromatic N) is 1. The second kappa shape index (κ2) is 7.47. The van der Waals surface area contributed by atoms with Crippen LogP contribution in [0.25, 0.3) is 0 Å². The Morgan fingerprint density at radius 1 is 1.30 bits per heavy atom. The molecule has 111 valence electrons. The van der Waals surface area contributed by atoms with Gasteiger partial charge < -0.3 is 4.90 Å². The van der Waals surface area contributed by atoms with Crippen molar-refractivity contribution in [3.05, 3.63) is 29.8 Å². The van der Waals surface area contributed by atoms with Gasteiger partial charge in [0.25, 0.3) is 16.0 Å². The van der Waals surface area contributed by atoms with E-state index in [0.29, 0.717) is 24.5 Å². The zero-order valence-corrected chi connectivity index (χ0v) is 12.6. The molecule has 0 saturated heterocycles. The van der Waals surface area contributed by atoms with Crippen LogP contribution in [-0.4, -0.2) is 46.2 Å². The van der Waals surface area contributed by atoms with Crippen LogP contribution in [-0.2, 0) is 14.3 Å². The summed E-state index contributed by atoms with van der Waals surface area (Å²) in [6.45, 7) is 0.894. The minimum atomic E-state index is -3.46. The highest BCUT2D eigenvalue weighted by Crippen LogP contribution is 2.15. The molecule has 0 unspecified atom stereocenters. The molecule has 1 aromatic carbocycles. The number of anilines is 1. The molecule has 20 heavy (non-hydrogen) atoms. The first-order chi connectivity index (χ1) is 9.33. The minimum Gasteiger partial charge on any atom is -0.368 e. The van der Waals surface area contributed by atoms with E-state index in [4.69, 9.17) is 21.5 Å². The van der Waals surface area contributed by atoms with Crippen molar-refractivity contribution < 1.29 is 17.4 Å². The molecule has 0 atom stereocenters. The van der Waals surface area contributed by atoms with Gasteiger partial charge in [0.2, 0.25) is 0 Å². The third-order valence-electron chi connectivity index (χ3n) is 2.51. The standard InChI is InChI=1S/C12H16ClN2O4S/c1-20(17,18)19-9-8-15(7-6-13)11-4-2-10(3-5-11)12(14)16/h2-5,14H,6-9H2,1H3. The fourth-order valence-electron chi connectivity index (χ4n) is 1.59. The number of amides is 1. The van der Waals surface area contributed by atoms with Crippen molar-refractivity contribution in [1.82, 2.24) is 5.73 Å². The van der Waals surface area contributed by atoms with E-state index in [1.54, 1.807) is 24.3 Å². The second-order valence-electron chi connectivity index (χ2n) is 4.08. The van der Waals surface area contributed by atoms with E-state index in [0.717, 1.165) is 11.9 Å². The van der Waals surface area contributed by atoms with Gasteiger partial charge in [0.15, 0.2) is 0 Å². The Hall–Kier alpha value is -1.31. The summed E-state index contributed by atoms with van der Waals surface area (Å²) in [7, 11) is -3.46. The van der Waals surface area contributed by atoms with Crippen LogP contribution in [0, 0.1) is 0 Å². The van der Waals surface area contributed by atoms with Crippen LogP contribution in [0.3, 0.4) is 0 Å². The average Bonchev–Trinajstić information content (AvgIpc) is 2.36. The topological polar surface area (TPSA) is 87.5 Å². The van der Waals surface area contributed by atoms with Crippen molar-refractivity contribution >= 4 is 33.3 Å². The van der Waals surface area contributed by atoms with E-state index >= 15 is 0 Å². The van der Waals surface area contributed by atoms with Gasteiger partial charge in [-0.2, -0.15) is 8.42 Å². The Morgan fingerprint density at radius 2 is 1.90 bits per heavy atom. The zero-order chi connectivity index (χ0) is 15.2. The Labute approximate surface area is 123 Å². The molecule has 0 spiro atoms. The van der Waals surface area contributed by atoms with Crippen LogP contribution in [0.4, 0.5) is 5.69 Å². The summed E-state index contributed by atoms with van der Waals surface area (Å²) >= 11 is 5.71. The minimum absolute atomic E-state index is 0.0227. The second-order valence-corrected chi connectivity index (χ2v) is 6.10. The lowest BCUT2D eigenvalue weighted by Gasteiger charge is -2.23. The number of carbonyl (C=O) groups is 1. The molecule has 6 nitrogen and oxygen atoms in total. The van der Waals surface area contributed by atoms with E-state index in [-0.39, 0.29) is 6.61 Å². The van der Waals surface area contributed by atoms with E-state index < -0.39 is 16.0 Å². The molecule has 0 saturated carbocycles. The Balaban J connectivity index is 2.72. The van der Waals surface area contributed by atoms with Gasteiger partial charge in [-0.25, -0.2) is 0 Å². The van der Waals surface area contributed by atoms with Crippen molar-refractivity contribution in [1.29, 1.82) is 0 Å². The van der Waals surface area contributed by atoms with Crippen molar-refractivity contribution in [2.45, 2.75) is 0 Å². The van der Waals surface area contributed by atoms with E-state index in [1.165, 1.54) is 0 Å². The molecule has 0 aliphatic heterocycles. The largest absolute Gasteiger partial charge is 0.368 e. The summed E-state index contributed by atoms with van der Waals surface area (Å²) in [5.41, 5.74) is 8.08. The lowest BCUT2D eigenvalue weighted by molar-refractivity contribution is 0.0992. The lowest BCUT2D eigenvalue weighted by atomic mass is 10.2. The number of hydrogen-bond acceptors (Lipinski definition) is 5. The quantitative estimate of drug-likeness (QED) is 0.529. The SMILES string of the molecule is CS(=O)(=O)OCCN(CCCl)c1ccc(C([NH])=O)cc1. The van der Waals surface area contributed by atoms with Crippen molar-refractivity contribution in [3.8, 4) is 0 Å². The van der Waals surface area contributed by atoms with E-state index in [2.05, 4.69) is 0 Å². The van der Waals surface area contributed by atoms with Gasteiger partial charge in [0.1, 0.15) is 0 Å². The Bertz CT molecular complexity index is 545. The molecule has 0 aliphatic carbocycles. The molecule has 0 aromatic heterocycles. The molecular formula is C12H16ClN2O4S. The van der Waals surface area contributed by atoms with Crippen LogP contribution >= 0.6 is 11.6 Å². The normalized spacial score (nSPS) is 11.3. The van der Waals surface area contributed by atoms with E-state index in [1.807, 2.05) is 4.90 Å². The third-order valence-corrected chi connectivity index (χ3v) is 3.27. The molecule has 0 heterocycles. The number of alkyl halides is 1. The summed E-state index contributed by atoms with van der Waals surface area (Å²) in [6.07, 6.45) is 0.994. The van der Waals surface area contributed by atoms with Gasteiger partial charge in [-0.05, 0) is 24.3 Å². The van der Waals surface area contributed by atoms with Gasteiger partial charge in [0.05, 0.1) is 12.9 Å². The fraction of sp³-hybridized carbons (Fsp3) is 0.417. The van der Waals surface area contributed by atoms with Crippen LogP contribution in [0.5, 0.6) is 0 Å². The third kappa shape index (κ3) is 5.77. The smallest absolute Gasteiger partial charge is 0.269 e. The predicted octanol–water partition coefficient (Wildman–Crippen LogP) is 1.13. The van der Waals surface area contributed by atoms with Gasteiger partial charge in [0, 0.05) is 30.2 Å². The maximum absolute atomic E-state index is 10.9. The maximum Gasteiger partial charge on any atom is 0.269 e. The molecule has 0 bridgehead atoms. The number of carbonyl (C=O) groups excluding carboxylic acids is 1. The molecule has 1 rings (SSSR count). The van der Waals surface area contributed by atoms with Crippen molar-refractivity contribution in [2.75, 3.05) is 36.7 Å². The Morgan fingerprint density at radius 3 is 2.35 bits per heavy atom.